The second-order valence-corrected chi connectivity index (χ2v) is 6.46. The van der Waals surface area contributed by atoms with Gasteiger partial charge in [0, 0.05) is 5.57 Å². The first kappa shape index (κ1) is 20.1. The Hall–Kier alpha value is -1.97. The van der Waals surface area contributed by atoms with Crippen LogP contribution in [0.1, 0.15) is 66.2 Å². The van der Waals surface area contributed by atoms with Gasteiger partial charge in [-0.25, -0.2) is 4.39 Å². The second-order valence-electron chi connectivity index (χ2n) is 6.46. The van der Waals surface area contributed by atoms with Crippen molar-refractivity contribution in [3.63, 3.8) is 0 Å². The van der Waals surface area contributed by atoms with Crippen molar-refractivity contribution in [1.82, 2.24) is 0 Å². The number of aliphatic hydroxyl groups is 1. The van der Waals surface area contributed by atoms with Crippen molar-refractivity contribution < 1.29 is 19.1 Å². The average Bonchev–Trinajstić information content (AvgIpc) is 2.52. The van der Waals surface area contributed by atoms with E-state index in [4.69, 9.17) is 0 Å². The summed E-state index contributed by atoms with van der Waals surface area (Å²) in [7, 11) is 0. The highest BCUT2D eigenvalue weighted by Gasteiger charge is 2.34. The van der Waals surface area contributed by atoms with Crippen LogP contribution in [-0.2, 0) is 9.59 Å². The molecule has 0 amide bonds. The van der Waals surface area contributed by atoms with Crippen molar-refractivity contribution in [3.8, 4) is 0 Å². The zero-order chi connectivity index (χ0) is 18.3. The average molecular weight is 334 g/mol. The van der Waals surface area contributed by atoms with Gasteiger partial charge in [0.1, 0.15) is 0 Å². The van der Waals surface area contributed by atoms with Crippen LogP contribution >= 0.6 is 0 Å². The minimum Gasteiger partial charge on any atom is -0.505 e. The van der Waals surface area contributed by atoms with Gasteiger partial charge >= 0.3 is 0 Å². The molecule has 0 aromatic carbocycles. The molecule has 1 aliphatic rings. The first-order chi connectivity index (χ1) is 11.3. The van der Waals surface area contributed by atoms with Crippen molar-refractivity contribution in [2.24, 2.45) is 0 Å². The number of hydrogen-bond donors (Lipinski definition) is 1. The summed E-state index contributed by atoms with van der Waals surface area (Å²) < 4.78 is 14.2. The van der Waals surface area contributed by atoms with Crippen LogP contribution in [0.25, 0.3) is 0 Å². The number of aliphatic hydroxyl groups excluding tert-OH is 1. The lowest BCUT2D eigenvalue weighted by atomic mass is 9.88. The van der Waals surface area contributed by atoms with Gasteiger partial charge < -0.3 is 5.11 Å². The molecule has 0 saturated heterocycles. The van der Waals surface area contributed by atoms with Crippen LogP contribution in [0.2, 0.25) is 0 Å². The molecule has 1 rings (SSSR count). The van der Waals surface area contributed by atoms with E-state index in [2.05, 4.69) is 6.08 Å². The predicted molar refractivity (Wildman–Crippen MR) is 94.4 cm³/mol. The Kier molecular flexibility index (Phi) is 7.83. The standard InChI is InChI=1S/C20H27FO3/c1-5-6-10-15-17(21)18(22)16(20(24)19(15)23)12-11-14(4)9-7-8-13(2)3/h8,11,22H,5-7,9-10,12H2,1-4H3/b14-11+. The molecule has 1 N–H and O–H groups in total. The largest absolute Gasteiger partial charge is 0.505 e. The molecule has 0 radical (unpaired) electrons. The number of carbonyl (C=O) groups excluding carboxylic acids is 2. The molecular formula is C20H27FO3. The van der Waals surface area contributed by atoms with Gasteiger partial charge in [-0.05, 0) is 52.9 Å². The molecule has 24 heavy (non-hydrogen) atoms. The lowest BCUT2D eigenvalue weighted by Gasteiger charge is -2.16. The number of Topliss-reactive ketones (excluding diaryl/α,β-unsaturated/α-hetero) is 2. The highest BCUT2D eigenvalue weighted by Crippen LogP contribution is 2.30. The maximum atomic E-state index is 14.2. The Labute approximate surface area is 143 Å². The van der Waals surface area contributed by atoms with Gasteiger partial charge in [-0.1, -0.05) is 36.6 Å². The van der Waals surface area contributed by atoms with Gasteiger partial charge in [-0.15, -0.1) is 0 Å². The van der Waals surface area contributed by atoms with E-state index in [9.17, 15) is 19.1 Å². The maximum absolute atomic E-state index is 14.2. The number of hydrogen-bond acceptors (Lipinski definition) is 3. The van der Waals surface area contributed by atoms with Gasteiger partial charge in [-0.3, -0.25) is 9.59 Å². The summed E-state index contributed by atoms with van der Waals surface area (Å²) in [6.07, 6.45) is 7.25. The summed E-state index contributed by atoms with van der Waals surface area (Å²) >= 11 is 0. The Bertz CT molecular complexity index is 629. The molecule has 0 heterocycles. The molecule has 0 saturated carbocycles. The highest BCUT2D eigenvalue weighted by atomic mass is 19.1. The van der Waals surface area contributed by atoms with Crippen LogP contribution in [0.3, 0.4) is 0 Å². The van der Waals surface area contributed by atoms with Crippen molar-refractivity contribution in [2.45, 2.75) is 66.2 Å². The fraction of sp³-hybridized carbons (Fsp3) is 0.500. The number of allylic oxidation sites excluding steroid dienone is 7. The molecule has 0 spiro atoms. The van der Waals surface area contributed by atoms with E-state index in [-0.39, 0.29) is 24.0 Å². The lowest BCUT2D eigenvalue weighted by molar-refractivity contribution is -0.132. The van der Waals surface area contributed by atoms with E-state index < -0.39 is 23.2 Å². The number of ketones is 2. The highest BCUT2D eigenvalue weighted by molar-refractivity contribution is 6.50. The predicted octanol–water partition coefficient (Wildman–Crippen LogP) is 5.45. The topological polar surface area (TPSA) is 54.4 Å². The molecule has 0 fully saturated rings. The number of unbranched alkanes of at least 4 members (excludes halogenated alkanes) is 1. The lowest BCUT2D eigenvalue weighted by Crippen LogP contribution is -2.25. The normalized spacial score (nSPS) is 16.1. The molecule has 0 aromatic heterocycles. The molecule has 3 nitrogen and oxygen atoms in total. The summed E-state index contributed by atoms with van der Waals surface area (Å²) in [5.74, 6) is -3.20. The van der Waals surface area contributed by atoms with Crippen LogP contribution in [0.4, 0.5) is 4.39 Å². The summed E-state index contributed by atoms with van der Waals surface area (Å²) in [6.45, 7) is 7.89. The molecule has 132 valence electrons. The van der Waals surface area contributed by atoms with Crippen molar-refractivity contribution in [3.05, 3.63) is 46.0 Å². The van der Waals surface area contributed by atoms with E-state index in [0.717, 1.165) is 24.8 Å². The van der Waals surface area contributed by atoms with Crippen molar-refractivity contribution >= 4 is 11.6 Å². The first-order valence-corrected chi connectivity index (χ1v) is 8.48. The molecule has 0 unspecified atom stereocenters. The van der Waals surface area contributed by atoms with E-state index in [1.54, 1.807) is 6.08 Å². The SMILES string of the molecule is CCCCC1=C(F)C(O)=C(C/C=C(\C)CCC=C(C)C)C(=O)C1=O. The van der Waals surface area contributed by atoms with Crippen LogP contribution in [0, 0.1) is 0 Å². The first-order valence-electron chi connectivity index (χ1n) is 8.48. The third-order valence-corrected chi connectivity index (χ3v) is 4.04. The minimum absolute atomic E-state index is 0.0749. The quantitative estimate of drug-likeness (QED) is 0.365. The molecule has 1 aliphatic carbocycles. The summed E-state index contributed by atoms with van der Waals surface area (Å²) in [5, 5.41) is 9.99. The molecule has 0 aliphatic heterocycles. The second kappa shape index (κ2) is 9.36. The third-order valence-electron chi connectivity index (χ3n) is 4.04. The zero-order valence-corrected chi connectivity index (χ0v) is 15.0. The summed E-state index contributed by atoms with van der Waals surface area (Å²) in [4.78, 5) is 24.2. The molecule has 0 bridgehead atoms. The van der Waals surface area contributed by atoms with E-state index >= 15 is 0 Å². The van der Waals surface area contributed by atoms with E-state index in [0.29, 0.717) is 6.42 Å². The fourth-order valence-electron chi connectivity index (χ4n) is 2.49. The van der Waals surface area contributed by atoms with Crippen molar-refractivity contribution in [2.75, 3.05) is 0 Å². The van der Waals surface area contributed by atoms with Crippen LogP contribution in [0.5, 0.6) is 0 Å². The van der Waals surface area contributed by atoms with Crippen LogP contribution < -0.4 is 0 Å². The van der Waals surface area contributed by atoms with Gasteiger partial charge in [-0.2, -0.15) is 0 Å². The minimum atomic E-state index is -0.932. The number of halogens is 1. The number of carbonyl (C=O) groups is 2. The molecular weight excluding hydrogens is 307 g/mol. The summed E-state index contributed by atoms with van der Waals surface area (Å²) in [5.41, 5.74) is 1.95. The van der Waals surface area contributed by atoms with E-state index in [1.165, 1.54) is 5.57 Å². The molecule has 4 heteroatoms. The van der Waals surface area contributed by atoms with Crippen LogP contribution in [0.15, 0.2) is 46.0 Å². The molecule has 0 atom stereocenters. The van der Waals surface area contributed by atoms with Gasteiger partial charge in [0.2, 0.25) is 11.6 Å². The Morgan fingerprint density at radius 1 is 1.08 bits per heavy atom. The Morgan fingerprint density at radius 3 is 2.29 bits per heavy atom. The summed E-state index contributed by atoms with van der Waals surface area (Å²) in [6, 6.07) is 0. The van der Waals surface area contributed by atoms with E-state index in [1.807, 2.05) is 27.7 Å². The van der Waals surface area contributed by atoms with Crippen molar-refractivity contribution in [1.29, 1.82) is 0 Å². The van der Waals surface area contributed by atoms with Gasteiger partial charge in [0.25, 0.3) is 0 Å². The maximum Gasteiger partial charge on any atom is 0.233 e. The zero-order valence-electron chi connectivity index (χ0n) is 15.0. The Morgan fingerprint density at radius 2 is 1.71 bits per heavy atom. The third kappa shape index (κ3) is 5.29. The van der Waals surface area contributed by atoms with Gasteiger partial charge in [0.05, 0.1) is 5.57 Å². The Balaban J connectivity index is 2.92. The molecule has 0 aromatic rings. The number of rotatable bonds is 8. The monoisotopic (exact) mass is 334 g/mol. The smallest absolute Gasteiger partial charge is 0.233 e. The fourth-order valence-corrected chi connectivity index (χ4v) is 2.49. The van der Waals surface area contributed by atoms with Crippen LogP contribution in [-0.4, -0.2) is 16.7 Å². The van der Waals surface area contributed by atoms with Gasteiger partial charge in [0.15, 0.2) is 11.6 Å².